The second-order valence-electron chi connectivity index (χ2n) is 5.68. The number of fused-ring (bicyclic) bond motifs is 1. The van der Waals surface area contributed by atoms with Crippen molar-refractivity contribution in [2.75, 3.05) is 17.6 Å². The van der Waals surface area contributed by atoms with E-state index in [1.54, 1.807) is 0 Å². The molecule has 3 nitrogen and oxygen atoms in total. The molecule has 1 fully saturated rings. The van der Waals surface area contributed by atoms with E-state index in [9.17, 15) is 0 Å². The van der Waals surface area contributed by atoms with E-state index < -0.39 is 0 Å². The molecular weight excluding hydrogens is 393 g/mol. The Bertz CT molecular complexity index is 498. The minimum atomic E-state index is 0. The molecular formula is C16H24IN3S. The zero-order chi connectivity index (χ0) is 13.8. The van der Waals surface area contributed by atoms with Crippen LogP contribution in [0.15, 0.2) is 23.2 Å². The molecule has 0 spiro atoms. The number of halogens is 1. The number of benzene rings is 1. The third kappa shape index (κ3) is 4.77. The standard InChI is InChI=1S/C16H23N3S.HI/c17-16(18-11-15-6-1-2-9-20-15)19-14-8-7-12-4-3-5-13(12)10-14;/h7-8,10,15H,1-6,9,11H2,(H3,17,18,19);1H. The van der Waals surface area contributed by atoms with Crippen molar-refractivity contribution in [3.63, 3.8) is 0 Å². The normalized spacial score (nSPS) is 21.5. The molecule has 116 valence electrons. The summed E-state index contributed by atoms with van der Waals surface area (Å²) >= 11 is 2.04. The third-order valence-corrected chi connectivity index (χ3v) is 5.49. The van der Waals surface area contributed by atoms with Crippen LogP contribution in [0.25, 0.3) is 0 Å². The van der Waals surface area contributed by atoms with Gasteiger partial charge in [-0.05, 0) is 61.1 Å². The van der Waals surface area contributed by atoms with Crippen molar-refractivity contribution < 1.29 is 0 Å². The summed E-state index contributed by atoms with van der Waals surface area (Å²) in [6.45, 7) is 0.842. The van der Waals surface area contributed by atoms with E-state index in [1.807, 2.05) is 11.8 Å². The van der Waals surface area contributed by atoms with Crippen LogP contribution in [0.4, 0.5) is 5.69 Å². The molecule has 0 aromatic heterocycles. The monoisotopic (exact) mass is 417 g/mol. The number of hydrogen-bond acceptors (Lipinski definition) is 2. The second-order valence-corrected chi connectivity index (χ2v) is 7.08. The summed E-state index contributed by atoms with van der Waals surface area (Å²) in [7, 11) is 0. The van der Waals surface area contributed by atoms with E-state index in [4.69, 9.17) is 5.73 Å². The van der Waals surface area contributed by atoms with Crippen molar-refractivity contribution in [2.45, 2.75) is 43.8 Å². The molecule has 2 aliphatic rings. The van der Waals surface area contributed by atoms with Gasteiger partial charge in [-0.3, -0.25) is 4.99 Å². The Kier molecular flexibility index (Phi) is 6.67. The van der Waals surface area contributed by atoms with E-state index in [2.05, 4.69) is 28.5 Å². The number of hydrogen-bond donors (Lipinski definition) is 2. The van der Waals surface area contributed by atoms with E-state index >= 15 is 0 Å². The fourth-order valence-electron chi connectivity index (χ4n) is 2.99. The van der Waals surface area contributed by atoms with Gasteiger partial charge in [0.1, 0.15) is 0 Å². The molecule has 0 bridgehead atoms. The van der Waals surface area contributed by atoms with Gasteiger partial charge in [-0.2, -0.15) is 11.8 Å². The Labute approximate surface area is 148 Å². The Morgan fingerprint density at radius 1 is 1.24 bits per heavy atom. The van der Waals surface area contributed by atoms with Crippen molar-refractivity contribution in [1.29, 1.82) is 0 Å². The lowest BCUT2D eigenvalue weighted by Gasteiger charge is -2.19. The quantitative estimate of drug-likeness (QED) is 0.447. The molecule has 1 unspecified atom stereocenters. The maximum atomic E-state index is 6.00. The highest BCUT2D eigenvalue weighted by atomic mass is 127. The van der Waals surface area contributed by atoms with Gasteiger partial charge in [-0.15, -0.1) is 24.0 Å². The Balaban J connectivity index is 0.00000161. The number of aliphatic imine (C=N–C) groups is 1. The number of anilines is 1. The number of rotatable bonds is 3. The van der Waals surface area contributed by atoms with E-state index in [0.717, 1.165) is 12.2 Å². The van der Waals surface area contributed by atoms with Gasteiger partial charge >= 0.3 is 0 Å². The average molecular weight is 417 g/mol. The molecule has 1 atom stereocenters. The van der Waals surface area contributed by atoms with Gasteiger partial charge in [0, 0.05) is 10.9 Å². The second kappa shape index (κ2) is 8.27. The highest BCUT2D eigenvalue weighted by Gasteiger charge is 2.13. The fourth-order valence-corrected chi connectivity index (χ4v) is 4.21. The molecule has 1 saturated heterocycles. The third-order valence-electron chi connectivity index (χ3n) is 4.11. The number of nitrogens with zero attached hydrogens (tertiary/aromatic N) is 1. The highest BCUT2D eigenvalue weighted by molar-refractivity contribution is 14.0. The van der Waals surface area contributed by atoms with Crippen LogP contribution < -0.4 is 11.1 Å². The van der Waals surface area contributed by atoms with E-state index in [-0.39, 0.29) is 24.0 Å². The van der Waals surface area contributed by atoms with Crippen LogP contribution in [-0.2, 0) is 12.8 Å². The maximum absolute atomic E-state index is 6.00. The predicted molar refractivity (Wildman–Crippen MR) is 104 cm³/mol. The van der Waals surface area contributed by atoms with Gasteiger partial charge in [0.2, 0.25) is 0 Å². The Morgan fingerprint density at radius 3 is 2.90 bits per heavy atom. The average Bonchev–Trinajstić information content (AvgIpc) is 2.94. The summed E-state index contributed by atoms with van der Waals surface area (Å²) in [6.07, 6.45) is 7.67. The molecule has 1 aliphatic heterocycles. The number of thioether (sulfide) groups is 1. The summed E-state index contributed by atoms with van der Waals surface area (Å²) in [4.78, 5) is 4.50. The van der Waals surface area contributed by atoms with Gasteiger partial charge in [0.15, 0.2) is 5.96 Å². The largest absolute Gasteiger partial charge is 0.370 e. The lowest BCUT2D eigenvalue weighted by Crippen LogP contribution is -2.25. The van der Waals surface area contributed by atoms with Crippen LogP contribution in [0.5, 0.6) is 0 Å². The van der Waals surface area contributed by atoms with E-state index in [0.29, 0.717) is 11.2 Å². The number of nitrogens with one attached hydrogen (secondary N) is 1. The minimum Gasteiger partial charge on any atom is -0.370 e. The molecule has 1 heterocycles. The van der Waals surface area contributed by atoms with Gasteiger partial charge < -0.3 is 11.1 Å². The van der Waals surface area contributed by atoms with Crippen molar-refractivity contribution in [3.05, 3.63) is 29.3 Å². The van der Waals surface area contributed by atoms with Crippen LogP contribution in [-0.4, -0.2) is 23.5 Å². The first-order chi connectivity index (χ1) is 9.81. The molecule has 21 heavy (non-hydrogen) atoms. The molecule has 0 amide bonds. The summed E-state index contributed by atoms with van der Waals surface area (Å²) in [6, 6.07) is 6.55. The van der Waals surface area contributed by atoms with Gasteiger partial charge in [-0.25, -0.2) is 0 Å². The smallest absolute Gasteiger partial charge is 0.193 e. The molecule has 3 rings (SSSR count). The number of nitrogens with two attached hydrogens (primary N) is 1. The van der Waals surface area contributed by atoms with Gasteiger partial charge in [0.25, 0.3) is 0 Å². The predicted octanol–water partition coefficient (Wildman–Crippen LogP) is 3.81. The van der Waals surface area contributed by atoms with Crippen LogP contribution in [0, 0.1) is 0 Å². The topological polar surface area (TPSA) is 50.4 Å². The number of guanidine groups is 1. The maximum Gasteiger partial charge on any atom is 0.193 e. The van der Waals surface area contributed by atoms with Crippen LogP contribution in [0.3, 0.4) is 0 Å². The summed E-state index contributed by atoms with van der Waals surface area (Å²) < 4.78 is 0. The van der Waals surface area contributed by atoms with Crippen molar-refractivity contribution in [3.8, 4) is 0 Å². The molecule has 1 aliphatic carbocycles. The highest BCUT2D eigenvalue weighted by Crippen LogP contribution is 2.26. The van der Waals surface area contributed by atoms with Gasteiger partial charge in [-0.1, -0.05) is 12.5 Å². The Morgan fingerprint density at radius 2 is 2.10 bits per heavy atom. The first-order valence-electron chi connectivity index (χ1n) is 7.61. The lowest BCUT2D eigenvalue weighted by molar-refractivity contribution is 0.668. The first-order valence-corrected chi connectivity index (χ1v) is 8.66. The lowest BCUT2D eigenvalue weighted by atomic mass is 10.1. The molecule has 1 aromatic carbocycles. The van der Waals surface area contributed by atoms with Crippen LogP contribution in [0.2, 0.25) is 0 Å². The number of aryl methyl sites for hydroxylation is 2. The first kappa shape index (κ1) is 16.9. The molecule has 5 heteroatoms. The zero-order valence-electron chi connectivity index (χ0n) is 12.3. The van der Waals surface area contributed by atoms with Crippen LogP contribution in [0.1, 0.15) is 36.8 Å². The fraction of sp³-hybridized carbons (Fsp3) is 0.562. The van der Waals surface area contributed by atoms with Crippen LogP contribution >= 0.6 is 35.7 Å². The molecule has 0 radical (unpaired) electrons. The Hall–Kier alpha value is -0.430. The molecule has 3 N–H and O–H groups in total. The SMILES string of the molecule is I.NC(=NCC1CCCCS1)Nc1ccc2c(c1)CCC2. The molecule has 1 aromatic rings. The summed E-state index contributed by atoms with van der Waals surface area (Å²) in [5.74, 6) is 1.83. The van der Waals surface area contributed by atoms with Crippen molar-refractivity contribution in [2.24, 2.45) is 10.7 Å². The summed E-state index contributed by atoms with van der Waals surface area (Å²) in [5.41, 5.74) is 10.0. The molecule has 0 saturated carbocycles. The minimum absolute atomic E-state index is 0. The van der Waals surface area contributed by atoms with Crippen molar-refractivity contribution >= 4 is 47.4 Å². The zero-order valence-corrected chi connectivity index (χ0v) is 15.5. The summed E-state index contributed by atoms with van der Waals surface area (Å²) in [5, 5.41) is 3.89. The van der Waals surface area contributed by atoms with Gasteiger partial charge in [0.05, 0.1) is 6.54 Å². The van der Waals surface area contributed by atoms with Crippen molar-refractivity contribution in [1.82, 2.24) is 0 Å². The van der Waals surface area contributed by atoms with E-state index in [1.165, 1.54) is 55.4 Å².